The van der Waals surface area contributed by atoms with Gasteiger partial charge in [-0.25, -0.2) is 9.13 Å². The molecule has 0 saturated carbocycles. The molecule has 1 aliphatic heterocycles. The van der Waals surface area contributed by atoms with E-state index in [1.165, 1.54) is 63.6 Å². The van der Waals surface area contributed by atoms with Crippen molar-refractivity contribution >= 4 is 21.8 Å². The lowest BCUT2D eigenvalue weighted by atomic mass is 9.99. The minimum atomic E-state index is 1.11. The highest BCUT2D eigenvalue weighted by atomic mass is 15.2. The maximum absolute atomic E-state index is 2.56. The highest BCUT2D eigenvalue weighted by molar-refractivity contribution is 5.91. The number of hydrogen-bond donors (Lipinski definition) is 0. The van der Waals surface area contributed by atoms with Crippen molar-refractivity contribution in [2.75, 3.05) is 0 Å². The number of rotatable bonds is 1. The first kappa shape index (κ1) is 14.7. The van der Waals surface area contributed by atoms with Gasteiger partial charge in [-0.2, -0.15) is 0 Å². The molecule has 0 N–H and O–H groups in total. The first-order valence-electron chi connectivity index (χ1n) is 9.24. The standard InChI is InChI=1S/C23H23N2/c1-16-19-11-4-3-8-17(19)13-14-20(16)23-24(2)21-12-7-10-18-9-5-6-15-25(23)22(18)21/h3-4,7-8,10-14H,5-6,9,15H2,1-2H3/q+1. The summed E-state index contributed by atoms with van der Waals surface area (Å²) in [5, 5.41) is 2.67. The summed E-state index contributed by atoms with van der Waals surface area (Å²) in [5.41, 5.74) is 7.01. The van der Waals surface area contributed by atoms with Crippen LogP contribution < -0.4 is 4.57 Å². The first-order chi connectivity index (χ1) is 12.3. The molecule has 4 aromatic rings. The normalized spacial score (nSPS) is 14.2. The average Bonchev–Trinajstić information content (AvgIpc) is 2.79. The van der Waals surface area contributed by atoms with Crippen LogP contribution in [0.5, 0.6) is 0 Å². The Labute approximate surface area is 148 Å². The third-order valence-electron chi connectivity index (χ3n) is 5.82. The largest absolute Gasteiger partial charge is 0.289 e. The molecule has 0 aliphatic carbocycles. The van der Waals surface area contributed by atoms with Crippen LogP contribution in [-0.2, 0) is 20.0 Å². The molecule has 124 valence electrons. The highest BCUT2D eigenvalue weighted by Crippen LogP contribution is 2.32. The van der Waals surface area contributed by atoms with Gasteiger partial charge >= 0.3 is 0 Å². The summed E-state index contributed by atoms with van der Waals surface area (Å²) in [5.74, 6) is 1.34. The molecule has 1 aliphatic rings. The van der Waals surface area contributed by atoms with Crippen LogP contribution in [0.2, 0.25) is 0 Å². The Bertz CT molecular complexity index is 1120. The van der Waals surface area contributed by atoms with Gasteiger partial charge in [0.1, 0.15) is 0 Å². The summed E-state index contributed by atoms with van der Waals surface area (Å²) in [7, 11) is 2.22. The molecule has 25 heavy (non-hydrogen) atoms. The first-order valence-corrected chi connectivity index (χ1v) is 9.24. The number of para-hydroxylation sites is 1. The van der Waals surface area contributed by atoms with E-state index in [4.69, 9.17) is 0 Å². The van der Waals surface area contributed by atoms with Gasteiger partial charge in [0.2, 0.25) is 0 Å². The fraction of sp³-hybridized carbons (Fsp3) is 0.261. The molecule has 0 atom stereocenters. The number of fused-ring (bicyclic) bond motifs is 1. The third kappa shape index (κ3) is 2.07. The van der Waals surface area contributed by atoms with Crippen molar-refractivity contribution in [1.82, 2.24) is 4.57 Å². The van der Waals surface area contributed by atoms with Crippen LogP contribution in [0.4, 0.5) is 0 Å². The number of hydrogen-bond acceptors (Lipinski definition) is 0. The lowest BCUT2D eigenvalue weighted by Crippen LogP contribution is -2.35. The van der Waals surface area contributed by atoms with Crippen LogP contribution in [0.25, 0.3) is 33.2 Å². The zero-order valence-electron chi connectivity index (χ0n) is 14.9. The number of benzene rings is 3. The van der Waals surface area contributed by atoms with Gasteiger partial charge in [0.25, 0.3) is 5.82 Å². The lowest BCUT2D eigenvalue weighted by molar-refractivity contribution is -0.660. The SMILES string of the molecule is Cc1c(-c2n(C)c3cccc4c3[n+]2CCCC4)ccc2ccccc12. The molecule has 0 amide bonds. The van der Waals surface area contributed by atoms with Gasteiger partial charge in [0.05, 0.1) is 19.2 Å². The lowest BCUT2D eigenvalue weighted by Gasteiger charge is -2.09. The van der Waals surface area contributed by atoms with E-state index in [2.05, 4.69) is 77.7 Å². The van der Waals surface area contributed by atoms with E-state index in [1.54, 1.807) is 0 Å². The van der Waals surface area contributed by atoms with E-state index in [9.17, 15) is 0 Å². The van der Waals surface area contributed by atoms with E-state index >= 15 is 0 Å². The number of aromatic nitrogens is 2. The van der Waals surface area contributed by atoms with Crippen LogP contribution in [0.15, 0.2) is 54.6 Å². The Balaban J connectivity index is 1.89. The molecule has 1 aromatic heterocycles. The molecule has 3 aromatic carbocycles. The molecular weight excluding hydrogens is 304 g/mol. The molecule has 0 spiro atoms. The molecule has 2 heterocycles. The summed E-state index contributed by atoms with van der Waals surface area (Å²) in [6.07, 6.45) is 3.72. The van der Waals surface area contributed by atoms with Crippen molar-refractivity contribution in [1.29, 1.82) is 0 Å². The fourth-order valence-corrected chi connectivity index (χ4v) is 4.56. The van der Waals surface area contributed by atoms with Crippen LogP contribution in [0.1, 0.15) is 24.0 Å². The summed E-state index contributed by atoms with van der Waals surface area (Å²) >= 11 is 0. The van der Waals surface area contributed by atoms with E-state index in [0.717, 1.165) is 6.54 Å². The highest BCUT2D eigenvalue weighted by Gasteiger charge is 2.28. The van der Waals surface area contributed by atoms with Gasteiger partial charge in [0, 0.05) is 5.56 Å². The smallest absolute Gasteiger partial charge is 0.226 e. The van der Waals surface area contributed by atoms with Gasteiger partial charge < -0.3 is 0 Å². The zero-order valence-corrected chi connectivity index (χ0v) is 14.9. The number of imidazole rings is 1. The van der Waals surface area contributed by atoms with E-state index in [-0.39, 0.29) is 0 Å². The second kappa shape index (κ2) is 5.45. The molecule has 2 nitrogen and oxygen atoms in total. The van der Waals surface area contributed by atoms with Gasteiger partial charge in [-0.3, -0.25) is 0 Å². The third-order valence-corrected chi connectivity index (χ3v) is 5.82. The van der Waals surface area contributed by atoms with Crippen LogP contribution in [0, 0.1) is 6.92 Å². The minimum absolute atomic E-state index is 1.11. The van der Waals surface area contributed by atoms with Gasteiger partial charge in [-0.1, -0.05) is 42.5 Å². The van der Waals surface area contributed by atoms with E-state index in [0.29, 0.717) is 0 Å². The summed E-state index contributed by atoms with van der Waals surface area (Å²) in [4.78, 5) is 0. The average molecular weight is 327 g/mol. The van der Waals surface area contributed by atoms with Crippen molar-refractivity contribution in [3.8, 4) is 11.4 Å². The molecular formula is C23H23N2+. The maximum atomic E-state index is 2.56. The Morgan fingerprint density at radius 3 is 2.72 bits per heavy atom. The fourth-order valence-electron chi connectivity index (χ4n) is 4.56. The predicted molar refractivity (Wildman–Crippen MR) is 104 cm³/mol. The molecule has 0 radical (unpaired) electrons. The van der Waals surface area contributed by atoms with Gasteiger partial charge in [-0.15, -0.1) is 0 Å². The topological polar surface area (TPSA) is 8.81 Å². The van der Waals surface area contributed by atoms with Gasteiger partial charge in [-0.05, 0) is 54.7 Å². The quantitative estimate of drug-likeness (QED) is 0.438. The van der Waals surface area contributed by atoms with E-state index in [1.807, 2.05) is 0 Å². The molecule has 0 bridgehead atoms. The predicted octanol–water partition coefficient (Wildman–Crippen LogP) is 4.93. The van der Waals surface area contributed by atoms with Crippen molar-refractivity contribution in [2.24, 2.45) is 7.05 Å². The van der Waals surface area contributed by atoms with Gasteiger partial charge in [0.15, 0.2) is 11.0 Å². The Kier molecular flexibility index (Phi) is 3.21. The summed E-state index contributed by atoms with van der Waals surface area (Å²) in [6, 6.07) is 20.1. The number of aryl methyl sites for hydroxylation is 4. The zero-order chi connectivity index (χ0) is 17.0. The second-order valence-corrected chi connectivity index (χ2v) is 7.24. The van der Waals surface area contributed by atoms with Crippen molar-refractivity contribution in [3.05, 3.63) is 65.7 Å². The summed E-state index contributed by atoms with van der Waals surface area (Å²) in [6.45, 7) is 3.37. The van der Waals surface area contributed by atoms with E-state index < -0.39 is 0 Å². The van der Waals surface area contributed by atoms with Crippen molar-refractivity contribution < 1.29 is 4.57 Å². The van der Waals surface area contributed by atoms with Crippen LogP contribution >= 0.6 is 0 Å². The van der Waals surface area contributed by atoms with Crippen molar-refractivity contribution in [2.45, 2.75) is 32.7 Å². The monoisotopic (exact) mass is 327 g/mol. The molecule has 2 heteroatoms. The van der Waals surface area contributed by atoms with Crippen LogP contribution in [-0.4, -0.2) is 4.57 Å². The minimum Gasteiger partial charge on any atom is -0.226 e. The summed E-state index contributed by atoms with van der Waals surface area (Å²) < 4.78 is 4.95. The van der Waals surface area contributed by atoms with Crippen molar-refractivity contribution in [3.63, 3.8) is 0 Å². The molecule has 0 saturated heterocycles. The molecule has 0 unspecified atom stereocenters. The molecule has 0 fully saturated rings. The maximum Gasteiger partial charge on any atom is 0.289 e. The Morgan fingerprint density at radius 2 is 1.80 bits per heavy atom. The Morgan fingerprint density at radius 1 is 0.920 bits per heavy atom. The van der Waals surface area contributed by atoms with Crippen LogP contribution in [0.3, 0.4) is 0 Å². The second-order valence-electron chi connectivity index (χ2n) is 7.24. The molecule has 5 rings (SSSR count). The number of nitrogens with zero attached hydrogens (tertiary/aromatic N) is 2. The Hall–Kier alpha value is -2.61.